The molecule has 2 aromatic rings. The minimum atomic E-state index is -0.197. The lowest BCUT2D eigenvalue weighted by molar-refractivity contribution is 0.538. The molecule has 0 fully saturated rings. The highest BCUT2D eigenvalue weighted by molar-refractivity contribution is 5.17. The Kier molecular flexibility index (Phi) is 4.68. The number of hydrogen-bond donors (Lipinski definition) is 1. The fourth-order valence-electron chi connectivity index (χ4n) is 1.96. The Hall–Kier alpha value is -1.68. The van der Waals surface area contributed by atoms with Crippen molar-refractivity contribution in [3.63, 3.8) is 0 Å². The van der Waals surface area contributed by atoms with E-state index in [-0.39, 0.29) is 5.82 Å². The lowest BCUT2D eigenvalue weighted by Gasteiger charge is -2.10. The molecule has 0 aliphatic carbocycles. The van der Waals surface area contributed by atoms with Crippen molar-refractivity contribution >= 4 is 0 Å². The van der Waals surface area contributed by atoms with Crippen LogP contribution in [-0.2, 0) is 13.1 Å². The standard InChI is InChI=1S/C15H20FN3/c1-12(2)7-17-8-15-9-18-11-19(15)10-13-4-3-5-14(16)6-13/h3-6,9,11-12,17H,7-8,10H2,1-2H3. The van der Waals surface area contributed by atoms with Crippen LogP contribution in [0.1, 0.15) is 25.1 Å². The predicted molar refractivity (Wildman–Crippen MR) is 74.3 cm³/mol. The van der Waals surface area contributed by atoms with E-state index in [4.69, 9.17) is 0 Å². The number of nitrogens with zero attached hydrogens (tertiary/aromatic N) is 2. The van der Waals surface area contributed by atoms with Crippen LogP contribution in [0.15, 0.2) is 36.8 Å². The third-order valence-corrected chi connectivity index (χ3v) is 2.90. The summed E-state index contributed by atoms with van der Waals surface area (Å²) in [5.41, 5.74) is 2.06. The van der Waals surface area contributed by atoms with Crippen molar-refractivity contribution in [3.05, 3.63) is 53.9 Å². The van der Waals surface area contributed by atoms with Crippen LogP contribution < -0.4 is 5.32 Å². The van der Waals surface area contributed by atoms with Gasteiger partial charge < -0.3 is 9.88 Å². The van der Waals surface area contributed by atoms with Gasteiger partial charge in [0.25, 0.3) is 0 Å². The summed E-state index contributed by atoms with van der Waals surface area (Å²) in [5, 5.41) is 3.39. The molecule has 0 amide bonds. The predicted octanol–water partition coefficient (Wildman–Crippen LogP) is 2.82. The number of hydrogen-bond acceptors (Lipinski definition) is 2. The number of halogens is 1. The Labute approximate surface area is 113 Å². The van der Waals surface area contributed by atoms with E-state index in [1.807, 2.05) is 16.8 Å². The molecule has 0 spiro atoms. The third kappa shape index (κ3) is 4.17. The molecule has 102 valence electrons. The topological polar surface area (TPSA) is 29.9 Å². The maximum atomic E-state index is 13.2. The van der Waals surface area contributed by atoms with Crippen molar-refractivity contribution in [3.8, 4) is 0 Å². The number of benzene rings is 1. The summed E-state index contributed by atoms with van der Waals surface area (Å²) in [6.07, 6.45) is 3.64. The Bertz CT molecular complexity index is 520. The maximum Gasteiger partial charge on any atom is 0.123 e. The molecule has 1 aromatic carbocycles. The normalized spacial score (nSPS) is 11.2. The van der Waals surface area contributed by atoms with Gasteiger partial charge in [0.05, 0.1) is 12.0 Å². The van der Waals surface area contributed by atoms with Crippen LogP contribution in [0.2, 0.25) is 0 Å². The molecule has 0 bridgehead atoms. The molecule has 19 heavy (non-hydrogen) atoms. The second-order valence-corrected chi connectivity index (χ2v) is 5.17. The van der Waals surface area contributed by atoms with E-state index < -0.39 is 0 Å². The number of imidazole rings is 1. The molecular formula is C15H20FN3. The number of aromatic nitrogens is 2. The van der Waals surface area contributed by atoms with Gasteiger partial charge in [-0.2, -0.15) is 0 Å². The van der Waals surface area contributed by atoms with Crippen molar-refractivity contribution in [1.82, 2.24) is 14.9 Å². The van der Waals surface area contributed by atoms with Crippen molar-refractivity contribution in [2.24, 2.45) is 5.92 Å². The van der Waals surface area contributed by atoms with Crippen LogP contribution in [0.25, 0.3) is 0 Å². The molecule has 0 aliphatic heterocycles. The van der Waals surface area contributed by atoms with E-state index in [1.165, 1.54) is 6.07 Å². The van der Waals surface area contributed by atoms with Crippen molar-refractivity contribution in [2.45, 2.75) is 26.9 Å². The Morgan fingerprint density at radius 1 is 1.37 bits per heavy atom. The zero-order valence-corrected chi connectivity index (χ0v) is 11.4. The first-order chi connectivity index (χ1) is 9.15. The fraction of sp³-hybridized carbons (Fsp3) is 0.400. The summed E-state index contributed by atoms with van der Waals surface area (Å²) in [6, 6.07) is 6.68. The van der Waals surface area contributed by atoms with Gasteiger partial charge >= 0.3 is 0 Å². The van der Waals surface area contributed by atoms with Crippen molar-refractivity contribution in [1.29, 1.82) is 0 Å². The fourth-order valence-corrected chi connectivity index (χ4v) is 1.96. The minimum Gasteiger partial charge on any atom is -0.329 e. The van der Waals surface area contributed by atoms with Gasteiger partial charge in [-0.3, -0.25) is 0 Å². The van der Waals surface area contributed by atoms with E-state index in [1.54, 1.807) is 18.5 Å². The van der Waals surface area contributed by atoms with E-state index >= 15 is 0 Å². The van der Waals surface area contributed by atoms with Crippen LogP contribution in [0.5, 0.6) is 0 Å². The van der Waals surface area contributed by atoms with E-state index in [2.05, 4.69) is 24.1 Å². The molecule has 1 N–H and O–H groups in total. The van der Waals surface area contributed by atoms with E-state index in [0.29, 0.717) is 12.5 Å². The second-order valence-electron chi connectivity index (χ2n) is 5.17. The van der Waals surface area contributed by atoms with Gasteiger partial charge in [-0.25, -0.2) is 9.37 Å². The molecular weight excluding hydrogens is 241 g/mol. The molecule has 3 nitrogen and oxygen atoms in total. The van der Waals surface area contributed by atoms with Gasteiger partial charge in [-0.1, -0.05) is 26.0 Å². The molecule has 1 aromatic heterocycles. The van der Waals surface area contributed by atoms with Gasteiger partial charge in [-0.05, 0) is 30.2 Å². The second kappa shape index (κ2) is 6.48. The maximum absolute atomic E-state index is 13.2. The van der Waals surface area contributed by atoms with Gasteiger partial charge in [-0.15, -0.1) is 0 Å². The molecule has 1 heterocycles. The SMILES string of the molecule is CC(C)CNCc1cncn1Cc1cccc(F)c1. The summed E-state index contributed by atoms with van der Waals surface area (Å²) in [6.45, 7) is 6.77. The highest BCUT2D eigenvalue weighted by Crippen LogP contribution is 2.08. The molecule has 0 radical (unpaired) electrons. The Morgan fingerprint density at radius 3 is 2.95 bits per heavy atom. The lowest BCUT2D eigenvalue weighted by Crippen LogP contribution is -2.20. The first-order valence-electron chi connectivity index (χ1n) is 6.59. The van der Waals surface area contributed by atoms with Gasteiger partial charge in [0.2, 0.25) is 0 Å². The number of rotatable bonds is 6. The first kappa shape index (κ1) is 13.7. The van der Waals surface area contributed by atoms with Crippen molar-refractivity contribution in [2.75, 3.05) is 6.54 Å². The van der Waals surface area contributed by atoms with Crippen LogP contribution in [0, 0.1) is 11.7 Å². The van der Waals surface area contributed by atoms with E-state index in [9.17, 15) is 4.39 Å². The highest BCUT2D eigenvalue weighted by atomic mass is 19.1. The summed E-state index contributed by atoms with van der Waals surface area (Å²) in [7, 11) is 0. The molecule has 2 rings (SSSR count). The average Bonchev–Trinajstić information content (AvgIpc) is 2.76. The van der Waals surface area contributed by atoms with Crippen LogP contribution in [0.3, 0.4) is 0 Å². The van der Waals surface area contributed by atoms with Crippen molar-refractivity contribution < 1.29 is 4.39 Å². The minimum absolute atomic E-state index is 0.197. The van der Waals surface area contributed by atoms with Crippen LogP contribution in [0.4, 0.5) is 4.39 Å². The highest BCUT2D eigenvalue weighted by Gasteiger charge is 2.04. The molecule has 0 saturated heterocycles. The smallest absolute Gasteiger partial charge is 0.123 e. The summed E-state index contributed by atoms with van der Waals surface area (Å²) >= 11 is 0. The molecule has 0 unspecified atom stereocenters. The molecule has 0 saturated carbocycles. The van der Waals surface area contributed by atoms with Crippen LogP contribution >= 0.6 is 0 Å². The summed E-state index contributed by atoms with van der Waals surface area (Å²) in [5.74, 6) is 0.427. The quantitative estimate of drug-likeness (QED) is 0.866. The molecule has 0 aliphatic rings. The summed E-state index contributed by atoms with van der Waals surface area (Å²) < 4.78 is 15.2. The Morgan fingerprint density at radius 2 is 2.21 bits per heavy atom. The van der Waals surface area contributed by atoms with Crippen LogP contribution in [-0.4, -0.2) is 16.1 Å². The van der Waals surface area contributed by atoms with Gasteiger partial charge in [0.1, 0.15) is 5.82 Å². The van der Waals surface area contributed by atoms with E-state index in [0.717, 1.165) is 24.3 Å². The average molecular weight is 261 g/mol. The largest absolute Gasteiger partial charge is 0.329 e. The third-order valence-electron chi connectivity index (χ3n) is 2.90. The Balaban J connectivity index is 1.99. The summed E-state index contributed by atoms with van der Waals surface area (Å²) in [4.78, 5) is 4.17. The molecule has 0 atom stereocenters. The van der Waals surface area contributed by atoms with Gasteiger partial charge in [0, 0.05) is 19.3 Å². The number of nitrogens with one attached hydrogen (secondary N) is 1. The monoisotopic (exact) mass is 261 g/mol. The molecule has 4 heteroatoms. The van der Waals surface area contributed by atoms with Gasteiger partial charge in [0.15, 0.2) is 0 Å². The first-order valence-corrected chi connectivity index (χ1v) is 6.59. The lowest BCUT2D eigenvalue weighted by atomic mass is 10.2. The zero-order valence-electron chi connectivity index (χ0n) is 11.4. The zero-order chi connectivity index (χ0) is 13.7.